The van der Waals surface area contributed by atoms with Gasteiger partial charge in [-0.15, -0.1) is 0 Å². The largest absolute Gasteiger partial charge is 0.507 e. The number of likely N-dealkylation sites (tertiary alicyclic amines) is 1. The summed E-state index contributed by atoms with van der Waals surface area (Å²) in [5, 5.41) is 11.2. The zero-order valence-electron chi connectivity index (χ0n) is 18.5. The van der Waals surface area contributed by atoms with Crippen molar-refractivity contribution >= 4 is 33.4 Å². The second-order valence-corrected chi connectivity index (χ2v) is 8.84. The average Bonchev–Trinajstić information content (AvgIpc) is 3.01. The fourth-order valence-electron chi connectivity index (χ4n) is 3.70. The summed E-state index contributed by atoms with van der Waals surface area (Å²) >= 11 is 3.42. The molecule has 0 unspecified atom stereocenters. The summed E-state index contributed by atoms with van der Waals surface area (Å²) in [7, 11) is 3.81. The number of carbonyl (C=O) groups excluding carboxylic acids is 2. The summed E-state index contributed by atoms with van der Waals surface area (Å²) in [4.78, 5) is 29.5. The lowest BCUT2D eigenvalue weighted by Gasteiger charge is -2.26. The SMILES string of the molecule is C=CCOc1ccc(C(O)=C2C(=O)C(=O)N(CCN(C)C)[C@@H]2c2ccc(Br)cc2)c(C)c1. The number of hydrogen-bond acceptors (Lipinski definition) is 5. The van der Waals surface area contributed by atoms with Gasteiger partial charge in [-0.3, -0.25) is 9.59 Å². The predicted molar refractivity (Wildman–Crippen MR) is 129 cm³/mol. The van der Waals surface area contributed by atoms with Crippen molar-refractivity contribution in [3.8, 4) is 5.75 Å². The van der Waals surface area contributed by atoms with Crippen LogP contribution < -0.4 is 4.74 Å². The number of halogens is 1. The summed E-state index contributed by atoms with van der Waals surface area (Å²) in [6.45, 7) is 6.78. The first-order chi connectivity index (χ1) is 15.2. The number of nitrogens with zero attached hydrogens (tertiary/aromatic N) is 2. The summed E-state index contributed by atoms with van der Waals surface area (Å²) in [6.07, 6.45) is 1.65. The van der Waals surface area contributed by atoms with Crippen molar-refractivity contribution in [2.45, 2.75) is 13.0 Å². The van der Waals surface area contributed by atoms with Gasteiger partial charge in [0, 0.05) is 23.1 Å². The molecule has 7 heteroatoms. The molecule has 1 aliphatic heterocycles. The number of likely N-dealkylation sites (N-methyl/N-ethyl adjacent to an activating group) is 1. The van der Waals surface area contributed by atoms with Crippen molar-refractivity contribution in [3.63, 3.8) is 0 Å². The van der Waals surface area contributed by atoms with E-state index in [2.05, 4.69) is 22.5 Å². The highest BCUT2D eigenvalue weighted by Crippen LogP contribution is 2.40. The zero-order chi connectivity index (χ0) is 23.4. The minimum absolute atomic E-state index is 0.0962. The van der Waals surface area contributed by atoms with Crippen LogP contribution in [-0.2, 0) is 9.59 Å². The van der Waals surface area contributed by atoms with Crippen LogP contribution in [0.1, 0.15) is 22.7 Å². The summed E-state index contributed by atoms with van der Waals surface area (Å²) in [5.41, 5.74) is 2.08. The first kappa shape index (κ1) is 23.8. The van der Waals surface area contributed by atoms with Gasteiger partial charge in [-0.2, -0.15) is 0 Å². The Hall–Kier alpha value is -2.90. The maximum atomic E-state index is 13.1. The number of hydrogen-bond donors (Lipinski definition) is 1. The molecular weight excluding hydrogens is 472 g/mol. The van der Waals surface area contributed by atoms with Gasteiger partial charge in [-0.05, 0) is 62.5 Å². The van der Waals surface area contributed by atoms with Gasteiger partial charge >= 0.3 is 0 Å². The van der Waals surface area contributed by atoms with Gasteiger partial charge in [0.25, 0.3) is 11.7 Å². The molecule has 0 radical (unpaired) electrons. The number of aliphatic hydroxyl groups is 1. The van der Waals surface area contributed by atoms with Crippen LogP contribution in [0.25, 0.3) is 5.76 Å². The number of Topliss-reactive ketones (excluding diaryl/α,β-unsaturated/α-hetero) is 1. The minimum atomic E-state index is -0.680. The molecule has 1 N–H and O–H groups in total. The Balaban J connectivity index is 2.11. The lowest BCUT2D eigenvalue weighted by molar-refractivity contribution is -0.140. The van der Waals surface area contributed by atoms with Crippen LogP contribution in [0.3, 0.4) is 0 Å². The first-order valence-electron chi connectivity index (χ1n) is 10.3. The van der Waals surface area contributed by atoms with Crippen LogP contribution in [0.2, 0.25) is 0 Å². The molecule has 0 aliphatic carbocycles. The molecule has 0 spiro atoms. The van der Waals surface area contributed by atoms with Gasteiger partial charge in [0.05, 0.1) is 11.6 Å². The molecule has 6 nitrogen and oxygen atoms in total. The summed E-state index contributed by atoms with van der Waals surface area (Å²) in [6, 6.07) is 12.0. The van der Waals surface area contributed by atoms with E-state index in [9.17, 15) is 14.7 Å². The fraction of sp³-hybridized carbons (Fsp3) is 0.280. The van der Waals surface area contributed by atoms with E-state index in [1.807, 2.05) is 50.2 Å². The average molecular weight is 499 g/mol. The Labute approximate surface area is 196 Å². The van der Waals surface area contributed by atoms with Crippen LogP contribution in [0.15, 0.2) is 65.2 Å². The lowest BCUT2D eigenvalue weighted by atomic mass is 9.94. The van der Waals surface area contributed by atoms with E-state index in [0.29, 0.717) is 31.0 Å². The van der Waals surface area contributed by atoms with Gasteiger partial charge in [0.1, 0.15) is 18.1 Å². The molecule has 1 saturated heterocycles. The van der Waals surface area contributed by atoms with Crippen LogP contribution in [-0.4, -0.2) is 60.4 Å². The monoisotopic (exact) mass is 498 g/mol. The Morgan fingerprint density at radius 2 is 1.91 bits per heavy atom. The van der Waals surface area contributed by atoms with E-state index < -0.39 is 17.7 Å². The Kier molecular flexibility index (Phi) is 7.53. The van der Waals surface area contributed by atoms with E-state index in [1.165, 1.54) is 4.90 Å². The van der Waals surface area contributed by atoms with Crippen LogP contribution in [0.4, 0.5) is 0 Å². The second kappa shape index (κ2) is 10.1. The molecule has 32 heavy (non-hydrogen) atoms. The molecule has 0 aromatic heterocycles. The number of aliphatic hydroxyl groups excluding tert-OH is 1. The van der Waals surface area contributed by atoms with Crippen molar-refractivity contribution < 1.29 is 19.4 Å². The molecule has 1 aliphatic rings. The number of amides is 1. The normalized spacial score (nSPS) is 17.8. The zero-order valence-corrected chi connectivity index (χ0v) is 20.1. The van der Waals surface area contributed by atoms with Gasteiger partial charge in [-0.25, -0.2) is 0 Å². The Morgan fingerprint density at radius 3 is 2.50 bits per heavy atom. The van der Waals surface area contributed by atoms with E-state index in [4.69, 9.17) is 4.74 Å². The number of carbonyl (C=O) groups is 2. The molecule has 2 aromatic rings. The smallest absolute Gasteiger partial charge is 0.295 e. The maximum absolute atomic E-state index is 13.1. The highest BCUT2D eigenvalue weighted by atomic mass is 79.9. The quantitative estimate of drug-likeness (QED) is 0.254. The van der Waals surface area contributed by atoms with E-state index in [0.717, 1.165) is 15.6 Å². The molecule has 1 fully saturated rings. The number of rotatable bonds is 8. The predicted octanol–water partition coefficient (Wildman–Crippen LogP) is 4.31. The van der Waals surface area contributed by atoms with Gasteiger partial charge in [-0.1, -0.05) is 40.7 Å². The lowest BCUT2D eigenvalue weighted by Crippen LogP contribution is -2.35. The highest BCUT2D eigenvalue weighted by Gasteiger charge is 2.46. The molecule has 0 bridgehead atoms. The third-order valence-electron chi connectivity index (χ3n) is 5.33. The number of benzene rings is 2. The van der Waals surface area contributed by atoms with Crippen LogP contribution in [0, 0.1) is 6.92 Å². The minimum Gasteiger partial charge on any atom is -0.507 e. The Morgan fingerprint density at radius 1 is 1.22 bits per heavy atom. The van der Waals surface area contributed by atoms with E-state index >= 15 is 0 Å². The van der Waals surface area contributed by atoms with Gasteiger partial charge in [0.15, 0.2) is 0 Å². The molecular formula is C25H27BrN2O4. The maximum Gasteiger partial charge on any atom is 0.295 e. The fourth-order valence-corrected chi connectivity index (χ4v) is 3.97. The van der Waals surface area contributed by atoms with Crippen LogP contribution >= 0.6 is 15.9 Å². The van der Waals surface area contributed by atoms with Crippen molar-refractivity contribution in [1.29, 1.82) is 0 Å². The molecule has 2 aromatic carbocycles. The number of aryl methyl sites for hydroxylation is 1. The van der Waals surface area contributed by atoms with Gasteiger partial charge < -0.3 is 19.6 Å². The third-order valence-corrected chi connectivity index (χ3v) is 5.86. The third kappa shape index (κ3) is 4.95. The first-order valence-corrected chi connectivity index (χ1v) is 11.1. The van der Waals surface area contributed by atoms with E-state index in [1.54, 1.807) is 24.3 Å². The van der Waals surface area contributed by atoms with Gasteiger partial charge in [0.2, 0.25) is 0 Å². The molecule has 0 saturated carbocycles. The topological polar surface area (TPSA) is 70.1 Å². The van der Waals surface area contributed by atoms with E-state index in [-0.39, 0.29) is 11.3 Å². The van der Waals surface area contributed by atoms with Crippen molar-refractivity contribution in [3.05, 3.63) is 81.9 Å². The number of ether oxygens (including phenoxy) is 1. The molecule has 1 atom stereocenters. The molecule has 1 amide bonds. The number of ketones is 1. The second-order valence-electron chi connectivity index (χ2n) is 7.92. The summed E-state index contributed by atoms with van der Waals surface area (Å²) < 4.78 is 6.44. The molecule has 1 heterocycles. The van der Waals surface area contributed by atoms with Crippen LogP contribution in [0.5, 0.6) is 5.75 Å². The Bertz CT molecular complexity index is 1060. The molecule has 168 valence electrons. The van der Waals surface area contributed by atoms with Crippen molar-refractivity contribution in [1.82, 2.24) is 9.80 Å². The summed E-state index contributed by atoms with van der Waals surface area (Å²) in [5.74, 6) is -0.836. The van der Waals surface area contributed by atoms with Crippen molar-refractivity contribution in [2.75, 3.05) is 33.8 Å². The standard InChI is InChI=1S/C25H27BrN2O4/c1-5-14-32-19-10-11-20(16(2)15-19)23(29)21-22(17-6-8-18(26)9-7-17)28(13-12-27(3)4)25(31)24(21)30/h5-11,15,22,29H,1,12-14H2,2-4H3/t22-/m1/s1. The molecule has 3 rings (SSSR count). The van der Waals surface area contributed by atoms with Crippen molar-refractivity contribution in [2.24, 2.45) is 0 Å². The highest BCUT2D eigenvalue weighted by molar-refractivity contribution is 9.10.